The first kappa shape index (κ1) is 19.8. The minimum atomic E-state index is -0.586. The summed E-state index contributed by atoms with van der Waals surface area (Å²) in [6.45, 7) is 5.71. The lowest BCUT2D eigenvalue weighted by molar-refractivity contribution is -0.139. The third kappa shape index (κ3) is 4.33. The molecular weight excluding hydrogens is 364 g/mol. The molecule has 1 heterocycles. The number of nitriles is 1. The van der Waals surface area contributed by atoms with E-state index in [1.165, 1.54) is 6.08 Å². The molecule has 3 rings (SSSR count). The zero-order valence-electron chi connectivity index (χ0n) is 16.1. The summed E-state index contributed by atoms with van der Waals surface area (Å²) in [4.78, 5) is 26.1. The molecule has 0 saturated carbocycles. The van der Waals surface area contributed by atoms with Gasteiger partial charge < -0.3 is 4.74 Å². The minimum absolute atomic E-state index is 0.0273. The highest BCUT2D eigenvalue weighted by atomic mass is 16.5. The Kier molecular flexibility index (Phi) is 6.06. The summed E-state index contributed by atoms with van der Waals surface area (Å²) in [5.41, 5.74) is 2.52. The highest BCUT2D eigenvalue weighted by Crippen LogP contribution is 2.27. The van der Waals surface area contributed by atoms with Crippen LogP contribution in [0.2, 0.25) is 0 Å². The van der Waals surface area contributed by atoms with E-state index in [-0.39, 0.29) is 12.1 Å². The number of carbonyl (C=O) groups is 2. The topological polar surface area (TPSA) is 70.4 Å². The second-order valence-electron chi connectivity index (χ2n) is 6.52. The van der Waals surface area contributed by atoms with E-state index >= 15 is 0 Å². The predicted molar refractivity (Wildman–Crippen MR) is 110 cm³/mol. The van der Waals surface area contributed by atoms with Crippen LogP contribution >= 0.6 is 0 Å². The Morgan fingerprint density at radius 2 is 1.76 bits per heavy atom. The van der Waals surface area contributed by atoms with Gasteiger partial charge in [-0.1, -0.05) is 48.5 Å². The fraction of sp³-hybridized carbons (Fsp3) is 0.125. The Morgan fingerprint density at radius 1 is 1.07 bits per heavy atom. The van der Waals surface area contributed by atoms with E-state index in [2.05, 4.69) is 6.58 Å². The van der Waals surface area contributed by atoms with Crippen molar-refractivity contribution in [2.24, 2.45) is 0 Å². The SMILES string of the molecule is C=CCN1C(=O)C(C#N)=C(C)/C(=C\c2ccc(OCc3ccccc3)cc2)C1=O. The van der Waals surface area contributed by atoms with Crippen molar-refractivity contribution in [2.45, 2.75) is 13.5 Å². The van der Waals surface area contributed by atoms with E-state index in [0.717, 1.165) is 16.0 Å². The molecule has 0 unspecified atom stereocenters. The second kappa shape index (κ2) is 8.85. The van der Waals surface area contributed by atoms with Crippen LogP contribution in [0.15, 0.2) is 84.0 Å². The smallest absolute Gasteiger partial charge is 0.271 e. The molecule has 144 valence electrons. The van der Waals surface area contributed by atoms with Gasteiger partial charge in [-0.05, 0) is 41.8 Å². The van der Waals surface area contributed by atoms with Crippen LogP contribution in [-0.2, 0) is 16.2 Å². The molecule has 0 aromatic heterocycles. The van der Waals surface area contributed by atoms with Crippen molar-refractivity contribution in [1.29, 1.82) is 5.26 Å². The maximum absolute atomic E-state index is 12.7. The molecule has 2 aromatic carbocycles. The Hall–Kier alpha value is -3.91. The third-order valence-corrected chi connectivity index (χ3v) is 4.58. The number of ether oxygens (including phenoxy) is 1. The van der Waals surface area contributed by atoms with Crippen molar-refractivity contribution >= 4 is 17.9 Å². The van der Waals surface area contributed by atoms with Crippen LogP contribution in [0.5, 0.6) is 5.75 Å². The first-order valence-electron chi connectivity index (χ1n) is 9.12. The number of rotatable bonds is 6. The molecule has 1 aliphatic heterocycles. The number of benzene rings is 2. The Labute approximate surface area is 169 Å². The molecule has 5 heteroatoms. The average Bonchev–Trinajstić information content (AvgIpc) is 2.75. The lowest BCUT2D eigenvalue weighted by atomic mass is 9.93. The molecule has 0 aliphatic carbocycles. The Balaban J connectivity index is 1.83. The summed E-state index contributed by atoms with van der Waals surface area (Å²) in [6.07, 6.45) is 3.14. The largest absolute Gasteiger partial charge is 0.489 e. The molecule has 1 aliphatic rings. The third-order valence-electron chi connectivity index (χ3n) is 4.58. The fourth-order valence-electron chi connectivity index (χ4n) is 2.99. The van der Waals surface area contributed by atoms with Crippen molar-refractivity contribution in [3.63, 3.8) is 0 Å². The lowest BCUT2D eigenvalue weighted by Gasteiger charge is -2.26. The van der Waals surface area contributed by atoms with Crippen LogP contribution < -0.4 is 4.74 Å². The van der Waals surface area contributed by atoms with Crippen LogP contribution in [-0.4, -0.2) is 23.3 Å². The van der Waals surface area contributed by atoms with Gasteiger partial charge in [0.25, 0.3) is 11.8 Å². The number of hydrogen-bond donors (Lipinski definition) is 0. The second-order valence-corrected chi connectivity index (χ2v) is 6.52. The van der Waals surface area contributed by atoms with Crippen LogP contribution in [0.1, 0.15) is 18.1 Å². The molecule has 0 radical (unpaired) electrons. The molecule has 0 atom stereocenters. The molecule has 0 saturated heterocycles. The summed E-state index contributed by atoms with van der Waals surface area (Å²) in [6, 6.07) is 19.1. The quantitative estimate of drug-likeness (QED) is 0.428. The number of amides is 2. The lowest BCUT2D eigenvalue weighted by Crippen LogP contribution is -2.42. The fourth-order valence-corrected chi connectivity index (χ4v) is 2.99. The minimum Gasteiger partial charge on any atom is -0.489 e. The van der Waals surface area contributed by atoms with E-state index in [4.69, 9.17) is 4.74 Å². The Morgan fingerprint density at radius 3 is 2.38 bits per heavy atom. The van der Waals surface area contributed by atoms with Crippen LogP contribution in [0.25, 0.3) is 6.08 Å². The van der Waals surface area contributed by atoms with Crippen molar-refractivity contribution in [3.8, 4) is 11.8 Å². The van der Waals surface area contributed by atoms with E-state index in [1.807, 2.05) is 60.7 Å². The molecule has 2 amide bonds. The zero-order valence-corrected chi connectivity index (χ0v) is 16.1. The molecule has 0 N–H and O–H groups in total. The number of carbonyl (C=O) groups excluding carboxylic acids is 2. The average molecular weight is 384 g/mol. The first-order chi connectivity index (χ1) is 14.0. The van der Waals surface area contributed by atoms with Gasteiger partial charge in [-0.25, -0.2) is 0 Å². The van der Waals surface area contributed by atoms with Crippen LogP contribution in [0.4, 0.5) is 0 Å². The van der Waals surface area contributed by atoms with Crippen LogP contribution in [0.3, 0.4) is 0 Å². The predicted octanol–water partition coefficient (Wildman–Crippen LogP) is 4.04. The molecule has 0 spiro atoms. The van der Waals surface area contributed by atoms with Gasteiger partial charge in [0.2, 0.25) is 0 Å². The van der Waals surface area contributed by atoms with Gasteiger partial charge >= 0.3 is 0 Å². The summed E-state index contributed by atoms with van der Waals surface area (Å²) >= 11 is 0. The molecule has 29 heavy (non-hydrogen) atoms. The first-order valence-corrected chi connectivity index (χ1v) is 9.12. The maximum atomic E-state index is 12.7. The summed E-state index contributed by atoms with van der Waals surface area (Å²) < 4.78 is 5.77. The maximum Gasteiger partial charge on any atom is 0.271 e. The van der Waals surface area contributed by atoms with E-state index in [1.54, 1.807) is 13.0 Å². The van der Waals surface area contributed by atoms with Gasteiger partial charge in [-0.15, -0.1) is 6.58 Å². The van der Waals surface area contributed by atoms with Gasteiger partial charge in [0.1, 0.15) is 24.0 Å². The molecular formula is C24H20N2O3. The van der Waals surface area contributed by atoms with Crippen LogP contribution in [0, 0.1) is 11.3 Å². The number of imide groups is 1. The molecule has 2 aromatic rings. The van der Waals surface area contributed by atoms with Crippen molar-refractivity contribution < 1.29 is 14.3 Å². The summed E-state index contributed by atoms with van der Waals surface area (Å²) in [7, 11) is 0. The van der Waals surface area contributed by atoms with E-state index in [0.29, 0.717) is 23.5 Å². The van der Waals surface area contributed by atoms with Gasteiger partial charge in [0.15, 0.2) is 0 Å². The zero-order chi connectivity index (χ0) is 20.8. The van der Waals surface area contributed by atoms with Crippen molar-refractivity contribution in [1.82, 2.24) is 4.90 Å². The van der Waals surface area contributed by atoms with Gasteiger partial charge in [0, 0.05) is 12.1 Å². The molecule has 0 fully saturated rings. The van der Waals surface area contributed by atoms with E-state index < -0.39 is 11.8 Å². The number of nitrogens with zero attached hydrogens (tertiary/aromatic N) is 2. The molecule has 0 bridgehead atoms. The highest BCUT2D eigenvalue weighted by Gasteiger charge is 2.34. The monoisotopic (exact) mass is 384 g/mol. The highest BCUT2D eigenvalue weighted by molar-refractivity contribution is 6.19. The van der Waals surface area contributed by atoms with E-state index in [9.17, 15) is 14.9 Å². The Bertz CT molecular complexity index is 1040. The standard InChI is InChI=1S/C24H20N2O3/c1-3-13-26-23(27)21(17(2)22(15-25)24(26)28)14-18-9-11-20(12-10-18)29-16-19-7-5-4-6-8-19/h3-12,14H,1,13,16H2,2H3/b21-14+. The van der Waals surface area contributed by atoms with Gasteiger partial charge in [0.05, 0.1) is 0 Å². The summed E-state index contributed by atoms with van der Waals surface area (Å²) in [5, 5.41) is 9.34. The van der Waals surface area contributed by atoms with Gasteiger partial charge in [-0.2, -0.15) is 5.26 Å². The van der Waals surface area contributed by atoms with Crippen molar-refractivity contribution in [2.75, 3.05) is 6.54 Å². The summed E-state index contributed by atoms with van der Waals surface area (Å²) in [5.74, 6) is -0.313. The molecule has 5 nitrogen and oxygen atoms in total. The number of hydrogen-bond acceptors (Lipinski definition) is 4. The van der Waals surface area contributed by atoms with Crippen molar-refractivity contribution in [3.05, 3.63) is 95.1 Å². The normalized spacial score (nSPS) is 15.4. The van der Waals surface area contributed by atoms with Gasteiger partial charge in [-0.3, -0.25) is 14.5 Å².